The van der Waals surface area contributed by atoms with Crippen molar-refractivity contribution in [2.45, 2.75) is 59.0 Å². The molecular formula is C20H38N4O3. The van der Waals surface area contributed by atoms with Crippen LogP contribution in [0.25, 0.3) is 0 Å². The topological polar surface area (TPSA) is 77.4 Å². The van der Waals surface area contributed by atoms with Crippen molar-refractivity contribution in [3.8, 4) is 0 Å². The molecule has 0 spiro atoms. The highest BCUT2D eigenvalue weighted by molar-refractivity contribution is 5.82. The highest BCUT2D eigenvalue weighted by atomic mass is 16.5. The smallest absolute Gasteiger partial charge is 0.251 e. The van der Waals surface area contributed by atoms with Crippen LogP contribution in [0.4, 0.5) is 0 Å². The average Bonchev–Trinajstić information content (AvgIpc) is 3.24. The van der Waals surface area contributed by atoms with Gasteiger partial charge in [-0.25, -0.2) is 0 Å². The zero-order valence-corrected chi connectivity index (χ0v) is 17.4. The van der Waals surface area contributed by atoms with Gasteiger partial charge in [-0.15, -0.1) is 0 Å². The molecule has 0 aromatic rings. The Kier molecular flexibility index (Phi) is 8.83. The van der Waals surface area contributed by atoms with Crippen molar-refractivity contribution in [2.75, 3.05) is 52.5 Å². The van der Waals surface area contributed by atoms with E-state index in [9.17, 15) is 9.90 Å². The number of piperazine rings is 1. The standard InChI is InChI=1S/C20H38N4O3/c1-4-20(5-2,9-14-25)16-22-19(21-6-3)24-12-10-23(11-13-24)18(26)17-8-7-15-27-17/h17,25H,4-16H2,1-3H3,(H,21,22). The number of aliphatic hydroxyl groups is 1. The molecule has 0 radical (unpaired) electrons. The van der Waals surface area contributed by atoms with Crippen LogP contribution in [0, 0.1) is 5.41 Å². The summed E-state index contributed by atoms with van der Waals surface area (Å²) in [7, 11) is 0. The molecule has 0 bridgehead atoms. The zero-order valence-electron chi connectivity index (χ0n) is 17.4. The molecule has 7 nitrogen and oxygen atoms in total. The molecule has 0 aromatic heterocycles. The van der Waals surface area contributed by atoms with Gasteiger partial charge in [0.2, 0.25) is 0 Å². The molecule has 2 saturated heterocycles. The maximum absolute atomic E-state index is 12.5. The Balaban J connectivity index is 1.95. The van der Waals surface area contributed by atoms with Crippen LogP contribution in [0.5, 0.6) is 0 Å². The van der Waals surface area contributed by atoms with E-state index in [4.69, 9.17) is 9.73 Å². The molecule has 2 aliphatic rings. The number of nitrogens with one attached hydrogen (secondary N) is 1. The normalized spacial score (nSPS) is 21.6. The van der Waals surface area contributed by atoms with E-state index in [2.05, 4.69) is 31.0 Å². The van der Waals surface area contributed by atoms with Gasteiger partial charge in [0.05, 0.1) is 0 Å². The Labute approximate surface area is 164 Å². The quantitative estimate of drug-likeness (QED) is 0.491. The number of aliphatic hydroxyl groups excluding tert-OH is 1. The summed E-state index contributed by atoms with van der Waals surface area (Å²) in [5, 5.41) is 12.8. The number of hydrogen-bond acceptors (Lipinski definition) is 4. The molecule has 0 saturated carbocycles. The SMILES string of the molecule is CCNC(=NCC(CC)(CC)CCO)N1CCN(C(=O)C2CCCO2)CC1. The first-order valence-electron chi connectivity index (χ1n) is 10.6. The van der Waals surface area contributed by atoms with Gasteiger partial charge in [0.1, 0.15) is 6.10 Å². The Bertz CT molecular complexity index is 480. The van der Waals surface area contributed by atoms with Gasteiger partial charge in [-0.05, 0) is 44.4 Å². The lowest BCUT2D eigenvalue weighted by Gasteiger charge is -2.38. The van der Waals surface area contributed by atoms with Gasteiger partial charge in [0.25, 0.3) is 5.91 Å². The van der Waals surface area contributed by atoms with Gasteiger partial charge in [0, 0.05) is 52.5 Å². The van der Waals surface area contributed by atoms with Crippen molar-refractivity contribution in [2.24, 2.45) is 10.4 Å². The van der Waals surface area contributed by atoms with Crippen molar-refractivity contribution < 1.29 is 14.6 Å². The van der Waals surface area contributed by atoms with Gasteiger partial charge < -0.3 is 25.0 Å². The van der Waals surface area contributed by atoms with Crippen LogP contribution in [0.3, 0.4) is 0 Å². The molecule has 2 N–H and O–H groups in total. The van der Waals surface area contributed by atoms with Crippen molar-refractivity contribution >= 4 is 11.9 Å². The summed E-state index contributed by atoms with van der Waals surface area (Å²) in [5.41, 5.74) is 0.0625. The first kappa shape index (κ1) is 22.0. The van der Waals surface area contributed by atoms with Gasteiger partial charge in [-0.1, -0.05) is 13.8 Å². The highest BCUT2D eigenvalue weighted by Gasteiger charge is 2.31. The third-order valence-corrected chi connectivity index (χ3v) is 6.14. The molecular weight excluding hydrogens is 344 g/mol. The zero-order chi connectivity index (χ0) is 19.7. The predicted octanol–water partition coefficient (Wildman–Crippen LogP) is 1.46. The predicted molar refractivity (Wildman–Crippen MR) is 108 cm³/mol. The number of nitrogens with zero attached hydrogens (tertiary/aromatic N) is 3. The third-order valence-electron chi connectivity index (χ3n) is 6.14. The Hall–Kier alpha value is -1.34. The van der Waals surface area contributed by atoms with Crippen molar-refractivity contribution in [1.29, 1.82) is 0 Å². The summed E-state index contributed by atoms with van der Waals surface area (Å²) in [6.07, 6.45) is 4.41. The molecule has 2 rings (SSSR count). The molecule has 7 heteroatoms. The monoisotopic (exact) mass is 382 g/mol. The number of rotatable bonds is 8. The number of aliphatic imine (C=N–C) groups is 1. The minimum Gasteiger partial charge on any atom is -0.396 e. The molecule has 0 aromatic carbocycles. The second-order valence-corrected chi connectivity index (χ2v) is 7.66. The largest absolute Gasteiger partial charge is 0.396 e. The van der Waals surface area contributed by atoms with E-state index in [1.165, 1.54) is 0 Å². The van der Waals surface area contributed by atoms with E-state index in [-0.39, 0.29) is 24.0 Å². The molecule has 156 valence electrons. The molecule has 1 atom stereocenters. The second-order valence-electron chi connectivity index (χ2n) is 7.66. The van der Waals surface area contributed by atoms with Gasteiger partial charge in [-0.2, -0.15) is 0 Å². The van der Waals surface area contributed by atoms with Crippen molar-refractivity contribution in [1.82, 2.24) is 15.1 Å². The minimum absolute atomic E-state index is 0.0625. The summed E-state index contributed by atoms with van der Waals surface area (Å²) in [6.45, 7) is 11.9. The fraction of sp³-hybridized carbons (Fsp3) is 0.900. The van der Waals surface area contributed by atoms with Gasteiger partial charge in [-0.3, -0.25) is 9.79 Å². The summed E-state index contributed by atoms with van der Waals surface area (Å²) in [4.78, 5) is 21.6. The number of ether oxygens (including phenoxy) is 1. The number of carbonyl (C=O) groups excluding carboxylic acids is 1. The number of carbonyl (C=O) groups is 1. The molecule has 2 fully saturated rings. The molecule has 27 heavy (non-hydrogen) atoms. The lowest BCUT2D eigenvalue weighted by atomic mass is 9.79. The average molecular weight is 383 g/mol. The van der Waals surface area contributed by atoms with E-state index in [0.29, 0.717) is 19.7 Å². The van der Waals surface area contributed by atoms with Gasteiger partial charge in [0.15, 0.2) is 5.96 Å². The van der Waals surface area contributed by atoms with E-state index in [1.807, 2.05) is 4.90 Å². The molecule has 1 unspecified atom stereocenters. The van der Waals surface area contributed by atoms with Crippen LogP contribution in [0.2, 0.25) is 0 Å². The number of amides is 1. The van der Waals surface area contributed by atoms with E-state index < -0.39 is 0 Å². The van der Waals surface area contributed by atoms with E-state index in [1.54, 1.807) is 0 Å². The molecule has 1 amide bonds. The van der Waals surface area contributed by atoms with Crippen LogP contribution in [-0.2, 0) is 9.53 Å². The number of hydrogen-bond donors (Lipinski definition) is 2. The summed E-state index contributed by atoms with van der Waals surface area (Å²) in [6, 6.07) is 0. The first-order valence-corrected chi connectivity index (χ1v) is 10.6. The highest BCUT2D eigenvalue weighted by Crippen LogP contribution is 2.30. The van der Waals surface area contributed by atoms with E-state index >= 15 is 0 Å². The summed E-state index contributed by atoms with van der Waals surface area (Å²) >= 11 is 0. The maximum atomic E-state index is 12.5. The lowest BCUT2D eigenvalue weighted by Crippen LogP contribution is -2.55. The van der Waals surface area contributed by atoms with Crippen molar-refractivity contribution in [3.63, 3.8) is 0 Å². The van der Waals surface area contributed by atoms with E-state index in [0.717, 1.165) is 64.2 Å². The molecule has 2 aliphatic heterocycles. The van der Waals surface area contributed by atoms with Gasteiger partial charge >= 0.3 is 0 Å². The Morgan fingerprint density at radius 2 is 1.85 bits per heavy atom. The molecule has 0 aliphatic carbocycles. The van der Waals surface area contributed by atoms with Crippen LogP contribution in [0.1, 0.15) is 52.9 Å². The maximum Gasteiger partial charge on any atom is 0.251 e. The fourth-order valence-electron chi connectivity index (χ4n) is 3.93. The minimum atomic E-state index is -0.230. The van der Waals surface area contributed by atoms with Crippen LogP contribution >= 0.6 is 0 Å². The third kappa shape index (κ3) is 5.82. The van der Waals surface area contributed by atoms with Crippen LogP contribution in [0.15, 0.2) is 4.99 Å². The Morgan fingerprint density at radius 3 is 2.37 bits per heavy atom. The Morgan fingerprint density at radius 1 is 1.19 bits per heavy atom. The van der Waals surface area contributed by atoms with Crippen LogP contribution < -0.4 is 5.32 Å². The fourth-order valence-corrected chi connectivity index (χ4v) is 3.93. The first-order chi connectivity index (χ1) is 13.1. The van der Waals surface area contributed by atoms with Crippen molar-refractivity contribution in [3.05, 3.63) is 0 Å². The lowest BCUT2D eigenvalue weighted by molar-refractivity contribution is -0.142. The summed E-state index contributed by atoms with van der Waals surface area (Å²) in [5.74, 6) is 1.07. The second kappa shape index (κ2) is 10.9. The number of guanidine groups is 1. The summed E-state index contributed by atoms with van der Waals surface area (Å²) < 4.78 is 5.54. The van der Waals surface area contributed by atoms with Crippen LogP contribution in [-0.4, -0.2) is 85.4 Å². The molecule has 2 heterocycles.